The summed E-state index contributed by atoms with van der Waals surface area (Å²) in [5.74, 6) is 3.05. The molecule has 0 fully saturated rings. The van der Waals surface area contributed by atoms with E-state index < -0.39 is 0 Å². The molecule has 5 rings (SSSR count). The lowest BCUT2D eigenvalue weighted by atomic mass is 10.1. The minimum absolute atomic E-state index is 0.520. The molecule has 0 radical (unpaired) electrons. The topological polar surface area (TPSA) is 87.9 Å². The molecule has 3 N–H and O–H groups in total. The Balaban J connectivity index is 1.10. The zero-order valence-corrected chi connectivity index (χ0v) is 16.7. The molecule has 31 heavy (non-hydrogen) atoms. The number of hydrogen-bond donors (Lipinski definition) is 3. The molecule has 0 aliphatic heterocycles. The standard InChI is InChI=1S/C24H21N5O2/c1-2-4-23-22(3-1)27-24(28-23)25-15-16-30-18-9-11-20(12-10-18)31-19-7-5-17(6-8-19)21-13-14-26-29-21/h1-14H,15-16H2,(H,26,29)(H2,25,27,28). The van der Waals surface area contributed by atoms with E-state index in [1.165, 1.54) is 0 Å². The van der Waals surface area contributed by atoms with E-state index in [1.54, 1.807) is 6.20 Å². The fraction of sp³-hybridized carbons (Fsp3) is 0.0833. The Hall–Kier alpha value is -4.26. The number of ether oxygens (including phenoxy) is 2. The van der Waals surface area contributed by atoms with Gasteiger partial charge < -0.3 is 19.8 Å². The van der Waals surface area contributed by atoms with Gasteiger partial charge in [0.1, 0.15) is 23.9 Å². The minimum atomic E-state index is 0.520. The van der Waals surface area contributed by atoms with E-state index in [0.29, 0.717) is 13.2 Å². The van der Waals surface area contributed by atoms with Crippen LogP contribution in [0.3, 0.4) is 0 Å². The Labute approximate surface area is 179 Å². The van der Waals surface area contributed by atoms with Crippen LogP contribution in [0.4, 0.5) is 5.95 Å². The Kier molecular flexibility index (Phi) is 5.22. The van der Waals surface area contributed by atoms with E-state index in [4.69, 9.17) is 9.47 Å². The third kappa shape index (κ3) is 4.51. The monoisotopic (exact) mass is 411 g/mol. The van der Waals surface area contributed by atoms with E-state index in [-0.39, 0.29) is 0 Å². The van der Waals surface area contributed by atoms with Gasteiger partial charge in [-0.1, -0.05) is 12.1 Å². The lowest BCUT2D eigenvalue weighted by Crippen LogP contribution is -2.12. The van der Waals surface area contributed by atoms with Gasteiger partial charge in [-0.2, -0.15) is 5.10 Å². The van der Waals surface area contributed by atoms with Crippen molar-refractivity contribution in [3.8, 4) is 28.5 Å². The summed E-state index contributed by atoms with van der Waals surface area (Å²) in [5, 5.41) is 10.2. The molecule has 0 saturated carbocycles. The molecule has 2 heterocycles. The number of aromatic amines is 2. The van der Waals surface area contributed by atoms with Crippen molar-refractivity contribution >= 4 is 17.0 Å². The quantitative estimate of drug-likeness (QED) is 0.304. The number of rotatable bonds is 8. The Morgan fingerprint density at radius 2 is 1.55 bits per heavy atom. The van der Waals surface area contributed by atoms with E-state index in [9.17, 15) is 0 Å². The molecule has 7 heteroatoms. The summed E-state index contributed by atoms with van der Waals surface area (Å²) in [6.45, 7) is 1.16. The maximum atomic E-state index is 5.91. The third-order valence-electron chi connectivity index (χ3n) is 4.78. The van der Waals surface area contributed by atoms with Gasteiger partial charge in [-0.3, -0.25) is 5.10 Å². The highest BCUT2D eigenvalue weighted by Gasteiger charge is 2.03. The number of imidazole rings is 1. The summed E-state index contributed by atoms with van der Waals surface area (Å²) in [6, 6.07) is 25.3. The van der Waals surface area contributed by atoms with Crippen LogP contribution in [0.25, 0.3) is 22.3 Å². The lowest BCUT2D eigenvalue weighted by Gasteiger charge is -2.09. The van der Waals surface area contributed by atoms with Crippen molar-refractivity contribution in [3.63, 3.8) is 0 Å². The molecule has 3 aromatic carbocycles. The van der Waals surface area contributed by atoms with Crippen LogP contribution in [-0.2, 0) is 0 Å². The van der Waals surface area contributed by atoms with Crippen LogP contribution in [0.2, 0.25) is 0 Å². The van der Waals surface area contributed by atoms with Crippen molar-refractivity contribution < 1.29 is 9.47 Å². The molecule has 0 amide bonds. The molecular formula is C24H21N5O2. The maximum Gasteiger partial charge on any atom is 0.201 e. The molecule has 0 bridgehead atoms. The van der Waals surface area contributed by atoms with Gasteiger partial charge in [0.15, 0.2) is 0 Å². The number of anilines is 1. The number of H-pyrrole nitrogens is 2. The number of fused-ring (bicyclic) bond motifs is 1. The average molecular weight is 411 g/mol. The van der Waals surface area contributed by atoms with Crippen LogP contribution in [-0.4, -0.2) is 33.3 Å². The first-order valence-electron chi connectivity index (χ1n) is 10.0. The van der Waals surface area contributed by atoms with E-state index in [0.717, 1.165) is 45.5 Å². The van der Waals surface area contributed by atoms with E-state index >= 15 is 0 Å². The van der Waals surface area contributed by atoms with E-state index in [1.807, 2.05) is 78.9 Å². The summed E-state index contributed by atoms with van der Waals surface area (Å²) in [4.78, 5) is 7.72. The van der Waals surface area contributed by atoms with Crippen molar-refractivity contribution in [2.24, 2.45) is 0 Å². The number of benzene rings is 3. The normalized spacial score (nSPS) is 10.8. The van der Waals surface area contributed by atoms with Crippen molar-refractivity contribution in [3.05, 3.63) is 85.1 Å². The third-order valence-corrected chi connectivity index (χ3v) is 4.78. The molecule has 0 aliphatic rings. The summed E-state index contributed by atoms with van der Waals surface area (Å²) < 4.78 is 11.7. The minimum Gasteiger partial charge on any atom is -0.492 e. The highest BCUT2D eigenvalue weighted by molar-refractivity contribution is 5.77. The number of nitrogens with one attached hydrogen (secondary N) is 3. The van der Waals surface area contributed by atoms with Gasteiger partial charge in [-0.25, -0.2) is 4.98 Å². The molecule has 0 aliphatic carbocycles. The number of aromatic nitrogens is 4. The van der Waals surface area contributed by atoms with Crippen LogP contribution in [0, 0.1) is 0 Å². The highest BCUT2D eigenvalue weighted by atomic mass is 16.5. The molecule has 0 unspecified atom stereocenters. The molecule has 0 saturated heterocycles. The second-order valence-corrected chi connectivity index (χ2v) is 6.95. The summed E-state index contributed by atoms with van der Waals surface area (Å²) in [5.41, 5.74) is 3.99. The molecule has 154 valence electrons. The second-order valence-electron chi connectivity index (χ2n) is 6.95. The van der Waals surface area contributed by atoms with Crippen LogP contribution >= 0.6 is 0 Å². The van der Waals surface area contributed by atoms with Crippen LogP contribution < -0.4 is 14.8 Å². The molecule has 0 spiro atoms. The number of para-hydroxylation sites is 2. The largest absolute Gasteiger partial charge is 0.492 e. The fourth-order valence-corrected chi connectivity index (χ4v) is 3.23. The fourth-order valence-electron chi connectivity index (χ4n) is 3.23. The smallest absolute Gasteiger partial charge is 0.201 e. The number of hydrogen-bond acceptors (Lipinski definition) is 5. The molecule has 5 aromatic rings. The Morgan fingerprint density at radius 1 is 0.806 bits per heavy atom. The first kappa shape index (κ1) is 18.7. The molecular weight excluding hydrogens is 390 g/mol. The second kappa shape index (κ2) is 8.62. The van der Waals surface area contributed by atoms with Crippen molar-refractivity contribution in [2.45, 2.75) is 0 Å². The summed E-state index contributed by atoms with van der Waals surface area (Å²) in [7, 11) is 0. The molecule has 2 aromatic heterocycles. The van der Waals surface area contributed by atoms with Gasteiger partial charge >= 0.3 is 0 Å². The SMILES string of the molecule is c1ccc2[nH]c(NCCOc3ccc(Oc4ccc(-c5ccn[nH]5)cc4)cc3)nc2c1. The van der Waals surface area contributed by atoms with Gasteiger partial charge in [0, 0.05) is 6.20 Å². The zero-order valence-electron chi connectivity index (χ0n) is 16.7. The van der Waals surface area contributed by atoms with Gasteiger partial charge in [0.25, 0.3) is 0 Å². The van der Waals surface area contributed by atoms with Crippen molar-refractivity contribution in [1.82, 2.24) is 20.2 Å². The van der Waals surface area contributed by atoms with Gasteiger partial charge in [0.2, 0.25) is 5.95 Å². The summed E-state index contributed by atoms with van der Waals surface area (Å²) in [6.07, 6.45) is 1.73. The maximum absolute atomic E-state index is 5.91. The first-order valence-corrected chi connectivity index (χ1v) is 10.0. The summed E-state index contributed by atoms with van der Waals surface area (Å²) >= 11 is 0. The van der Waals surface area contributed by atoms with Crippen molar-refractivity contribution in [2.75, 3.05) is 18.5 Å². The Morgan fingerprint density at radius 3 is 2.29 bits per heavy atom. The van der Waals surface area contributed by atoms with Gasteiger partial charge in [0.05, 0.1) is 23.3 Å². The zero-order chi connectivity index (χ0) is 20.9. The van der Waals surface area contributed by atoms with E-state index in [2.05, 4.69) is 25.5 Å². The van der Waals surface area contributed by atoms with Crippen LogP contribution in [0.1, 0.15) is 0 Å². The van der Waals surface area contributed by atoms with Crippen molar-refractivity contribution in [1.29, 1.82) is 0 Å². The first-order chi connectivity index (χ1) is 15.3. The predicted molar refractivity (Wildman–Crippen MR) is 121 cm³/mol. The lowest BCUT2D eigenvalue weighted by molar-refractivity contribution is 0.332. The predicted octanol–water partition coefficient (Wildman–Crippen LogP) is 5.24. The van der Waals surface area contributed by atoms with Crippen LogP contribution in [0.15, 0.2) is 85.1 Å². The van der Waals surface area contributed by atoms with Crippen LogP contribution in [0.5, 0.6) is 17.2 Å². The molecule has 0 atom stereocenters. The molecule has 7 nitrogen and oxygen atoms in total. The average Bonchev–Trinajstić information content (AvgIpc) is 3.48. The number of nitrogens with zero attached hydrogens (tertiary/aromatic N) is 2. The highest BCUT2D eigenvalue weighted by Crippen LogP contribution is 2.26. The van der Waals surface area contributed by atoms with Gasteiger partial charge in [-0.15, -0.1) is 0 Å². The van der Waals surface area contributed by atoms with Gasteiger partial charge in [-0.05, 0) is 72.3 Å². The Bertz CT molecular complexity index is 1210.